The first-order chi connectivity index (χ1) is 6.38. The van der Waals surface area contributed by atoms with Crippen LogP contribution in [0.5, 0.6) is 0 Å². The maximum atomic E-state index is 5.77. The van der Waals surface area contributed by atoms with E-state index < -0.39 is 0 Å². The van der Waals surface area contributed by atoms with Crippen LogP contribution >= 0.6 is 0 Å². The average molecular weight is 182 g/mol. The molecule has 0 amide bonds. The van der Waals surface area contributed by atoms with Gasteiger partial charge in [-0.3, -0.25) is 0 Å². The zero-order valence-electron chi connectivity index (χ0n) is 8.13. The summed E-state index contributed by atoms with van der Waals surface area (Å²) in [5.41, 5.74) is 0. The van der Waals surface area contributed by atoms with E-state index in [1.165, 1.54) is 38.5 Å². The Morgan fingerprint density at radius 3 is 1.92 bits per heavy atom. The van der Waals surface area contributed by atoms with Crippen molar-refractivity contribution in [2.45, 2.75) is 44.3 Å². The normalized spacial score (nSPS) is 42.5. The molecule has 0 N–H and O–H groups in total. The minimum absolute atomic E-state index is 0.125. The fourth-order valence-corrected chi connectivity index (χ4v) is 3.44. The van der Waals surface area contributed by atoms with Crippen molar-refractivity contribution < 1.29 is 9.47 Å². The Kier molecular flexibility index (Phi) is 1.88. The van der Waals surface area contributed by atoms with E-state index in [1.54, 1.807) is 0 Å². The lowest BCUT2D eigenvalue weighted by Crippen LogP contribution is -2.26. The average Bonchev–Trinajstić information content (AvgIpc) is 2.72. The Morgan fingerprint density at radius 2 is 1.38 bits per heavy atom. The molecular weight excluding hydrogens is 164 g/mol. The molecule has 2 saturated carbocycles. The number of hydrogen-bond acceptors (Lipinski definition) is 2. The van der Waals surface area contributed by atoms with Crippen molar-refractivity contribution in [2.75, 3.05) is 13.2 Å². The standard InChI is InChI=1S/C11H18O2/c1-2-4-10-8-11(7-9(10)3-1)12-5-6-13-11/h9-10H,1-8H2/t9-,10?/m1/s1. The van der Waals surface area contributed by atoms with Gasteiger partial charge in [0.15, 0.2) is 5.79 Å². The molecule has 2 atom stereocenters. The van der Waals surface area contributed by atoms with Gasteiger partial charge in [0.25, 0.3) is 0 Å². The molecule has 1 saturated heterocycles. The minimum Gasteiger partial charge on any atom is -0.348 e. The van der Waals surface area contributed by atoms with E-state index in [9.17, 15) is 0 Å². The molecule has 1 spiro atoms. The molecule has 1 aliphatic heterocycles. The summed E-state index contributed by atoms with van der Waals surface area (Å²) in [5, 5.41) is 0. The lowest BCUT2D eigenvalue weighted by Gasteiger charge is -2.23. The Labute approximate surface area is 79.6 Å². The smallest absolute Gasteiger partial charge is 0.169 e. The Morgan fingerprint density at radius 1 is 0.846 bits per heavy atom. The van der Waals surface area contributed by atoms with Crippen molar-refractivity contribution in [2.24, 2.45) is 11.8 Å². The van der Waals surface area contributed by atoms with E-state index in [-0.39, 0.29) is 5.79 Å². The molecule has 3 fully saturated rings. The van der Waals surface area contributed by atoms with Gasteiger partial charge < -0.3 is 9.47 Å². The number of rotatable bonds is 0. The van der Waals surface area contributed by atoms with Crippen molar-refractivity contribution in [3.63, 3.8) is 0 Å². The first-order valence-corrected chi connectivity index (χ1v) is 5.66. The summed E-state index contributed by atoms with van der Waals surface area (Å²) in [5.74, 6) is 1.69. The zero-order valence-corrected chi connectivity index (χ0v) is 8.13. The van der Waals surface area contributed by atoms with Crippen LogP contribution < -0.4 is 0 Å². The second-order valence-electron chi connectivity index (χ2n) is 4.82. The number of hydrogen-bond donors (Lipinski definition) is 0. The van der Waals surface area contributed by atoms with E-state index >= 15 is 0 Å². The summed E-state index contributed by atoms with van der Waals surface area (Å²) in [4.78, 5) is 0. The molecule has 2 nitrogen and oxygen atoms in total. The lowest BCUT2D eigenvalue weighted by molar-refractivity contribution is -0.154. The Balaban J connectivity index is 1.74. The molecule has 74 valence electrons. The summed E-state index contributed by atoms with van der Waals surface area (Å²) in [6.07, 6.45) is 8.04. The number of ether oxygens (including phenoxy) is 2. The monoisotopic (exact) mass is 182 g/mol. The Bertz CT molecular complexity index is 180. The van der Waals surface area contributed by atoms with E-state index in [0.717, 1.165) is 25.0 Å². The summed E-state index contributed by atoms with van der Waals surface area (Å²) < 4.78 is 11.5. The highest BCUT2D eigenvalue weighted by atomic mass is 16.7. The molecular formula is C11H18O2. The van der Waals surface area contributed by atoms with E-state index in [1.807, 2.05) is 0 Å². The first-order valence-electron chi connectivity index (χ1n) is 5.66. The third kappa shape index (κ3) is 1.31. The predicted octanol–water partition coefficient (Wildman–Crippen LogP) is 2.33. The highest BCUT2D eigenvalue weighted by Gasteiger charge is 2.49. The first kappa shape index (κ1) is 8.25. The third-order valence-corrected chi connectivity index (χ3v) is 4.03. The van der Waals surface area contributed by atoms with Gasteiger partial charge in [0.05, 0.1) is 13.2 Å². The van der Waals surface area contributed by atoms with Crippen molar-refractivity contribution >= 4 is 0 Å². The molecule has 1 unspecified atom stereocenters. The van der Waals surface area contributed by atoms with Crippen LogP contribution in [0.1, 0.15) is 38.5 Å². The van der Waals surface area contributed by atoms with Crippen LogP contribution in [0.25, 0.3) is 0 Å². The second kappa shape index (κ2) is 2.96. The molecule has 2 aliphatic carbocycles. The quantitative estimate of drug-likeness (QED) is 0.572. The number of fused-ring (bicyclic) bond motifs is 1. The summed E-state index contributed by atoms with van der Waals surface area (Å²) >= 11 is 0. The van der Waals surface area contributed by atoms with E-state index in [2.05, 4.69) is 0 Å². The van der Waals surface area contributed by atoms with Crippen molar-refractivity contribution in [3.8, 4) is 0 Å². The maximum absolute atomic E-state index is 5.77. The SMILES string of the molecule is C1CC[C@@H]2CC3(CC2C1)OCCO3. The van der Waals surface area contributed by atoms with Crippen LogP contribution in [0.15, 0.2) is 0 Å². The predicted molar refractivity (Wildman–Crippen MR) is 49.3 cm³/mol. The van der Waals surface area contributed by atoms with Gasteiger partial charge in [0.2, 0.25) is 0 Å². The van der Waals surface area contributed by atoms with Crippen LogP contribution in [0, 0.1) is 11.8 Å². The van der Waals surface area contributed by atoms with E-state index in [4.69, 9.17) is 9.47 Å². The lowest BCUT2D eigenvalue weighted by atomic mass is 9.82. The largest absolute Gasteiger partial charge is 0.348 e. The molecule has 2 heteroatoms. The molecule has 0 aromatic rings. The van der Waals surface area contributed by atoms with Gasteiger partial charge in [-0.25, -0.2) is 0 Å². The van der Waals surface area contributed by atoms with Gasteiger partial charge >= 0.3 is 0 Å². The highest BCUT2D eigenvalue weighted by molar-refractivity contribution is 4.93. The molecule has 13 heavy (non-hydrogen) atoms. The van der Waals surface area contributed by atoms with Gasteiger partial charge in [0.1, 0.15) is 0 Å². The highest BCUT2D eigenvalue weighted by Crippen LogP contribution is 2.50. The van der Waals surface area contributed by atoms with Crippen LogP contribution in [-0.2, 0) is 9.47 Å². The molecule has 1 heterocycles. The summed E-state index contributed by atoms with van der Waals surface area (Å²) in [6.45, 7) is 1.64. The fourth-order valence-electron chi connectivity index (χ4n) is 3.44. The molecule has 0 aromatic heterocycles. The molecule has 0 bridgehead atoms. The van der Waals surface area contributed by atoms with Crippen molar-refractivity contribution in [3.05, 3.63) is 0 Å². The Hall–Kier alpha value is -0.0800. The van der Waals surface area contributed by atoms with Gasteiger partial charge in [-0.05, 0) is 24.7 Å². The maximum Gasteiger partial charge on any atom is 0.169 e. The van der Waals surface area contributed by atoms with Gasteiger partial charge in [0, 0.05) is 12.8 Å². The van der Waals surface area contributed by atoms with Crippen LogP contribution in [-0.4, -0.2) is 19.0 Å². The van der Waals surface area contributed by atoms with E-state index in [0.29, 0.717) is 0 Å². The summed E-state index contributed by atoms with van der Waals surface area (Å²) in [7, 11) is 0. The van der Waals surface area contributed by atoms with Crippen LogP contribution in [0.4, 0.5) is 0 Å². The van der Waals surface area contributed by atoms with Gasteiger partial charge in [-0.1, -0.05) is 12.8 Å². The topological polar surface area (TPSA) is 18.5 Å². The molecule has 3 aliphatic rings. The van der Waals surface area contributed by atoms with Crippen molar-refractivity contribution in [1.82, 2.24) is 0 Å². The molecule has 0 aromatic carbocycles. The minimum atomic E-state index is -0.125. The van der Waals surface area contributed by atoms with Gasteiger partial charge in [-0.15, -0.1) is 0 Å². The summed E-state index contributed by atoms with van der Waals surface area (Å²) in [6, 6.07) is 0. The van der Waals surface area contributed by atoms with Crippen LogP contribution in [0.3, 0.4) is 0 Å². The zero-order chi connectivity index (χ0) is 8.73. The third-order valence-electron chi connectivity index (χ3n) is 4.03. The second-order valence-corrected chi connectivity index (χ2v) is 4.82. The molecule has 0 radical (unpaired) electrons. The molecule has 3 rings (SSSR count). The van der Waals surface area contributed by atoms with Gasteiger partial charge in [-0.2, -0.15) is 0 Å². The van der Waals surface area contributed by atoms with Crippen LogP contribution in [0.2, 0.25) is 0 Å². The van der Waals surface area contributed by atoms with Crippen molar-refractivity contribution in [1.29, 1.82) is 0 Å². The fraction of sp³-hybridized carbons (Fsp3) is 1.00.